The Balaban J connectivity index is 1.81. The van der Waals surface area contributed by atoms with Crippen LogP contribution in [0.4, 0.5) is 0 Å². The SMILES string of the molecule is Cc1ccc(S(=O)(=O)NCCC(=O)O[C@H](C)C(=O)N(C)[C@H]2CCS(=O)(=O)C2)cc1. The first-order chi connectivity index (χ1) is 13.4. The number of sulfone groups is 1. The number of rotatable bonds is 8. The van der Waals surface area contributed by atoms with Gasteiger partial charge in [-0.2, -0.15) is 0 Å². The summed E-state index contributed by atoms with van der Waals surface area (Å²) in [4.78, 5) is 25.7. The van der Waals surface area contributed by atoms with Gasteiger partial charge >= 0.3 is 5.97 Å². The molecule has 0 unspecified atom stereocenters. The van der Waals surface area contributed by atoms with Crippen LogP contribution in [-0.2, 0) is 34.2 Å². The second-order valence-electron chi connectivity index (χ2n) is 7.10. The van der Waals surface area contributed by atoms with Crippen LogP contribution in [-0.4, -0.2) is 70.9 Å². The Morgan fingerprint density at radius 1 is 1.28 bits per heavy atom. The minimum atomic E-state index is -3.74. The third-order valence-corrected chi connectivity index (χ3v) is 7.94. The van der Waals surface area contributed by atoms with Gasteiger partial charge in [0.1, 0.15) is 0 Å². The normalized spacial score (nSPS) is 19.5. The summed E-state index contributed by atoms with van der Waals surface area (Å²) in [6.45, 7) is 3.06. The Hall–Kier alpha value is -1.98. The van der Waals surface area contributed by atoms with Gasteiger partial charge in [0, 0.05) is 19.6 Å². The Morgan fingerprint density at radius 2 is 1.90 bits per heavy atom. The van der Waals surface area contributed by atoms with E-state index in [0.717, 1.165) is 5.56 Å². The molecule has 1 fully saturated rings. The molecule has 0 bridgehead atoms. The molecule has 2 atom stereocenters. The highest BCUT2D eigenvalue weighted by atomic mass is 32.2. The number of ether oxygens (including phenoxy) is 1. The lowest BCUT2D eigenvalue weighted by Crippen LogP contribution is -2.44. The number of nitrogens with one attached hydrogen (secondary N) is 1. The molecule has 0 spiro atoms. The second kappa shape index (κ2) is 9.23. The second-order valence-corrected chi connectivity index (χ2v) is 11.1. The summed E-state index contributed by atoms with van der Waals surface area (Å²) in [5.41, 5.74) is 0.923. The number of hydrogen-bond donors (Lipinski definition) is 1. The summed E-state index contributed by atoms with van der Waals surface area (Å²) < 4.78 is 54.8. The van der Waals surface area contributed by atoms with Crippen molar-refractivity contribution in [2.24, 2.45) is 0 Å². The maximum Gasteiger partial charge on any atom is 0.307 e. The third-order valence-electron chi connectivity index (χ3n) is 4.71. The average Bonchev–Trinajstić information content (AvgIpc) is 3.00. The number of esters is 1. The van der Waals surface area contributed by atoms with E-state index < -0.39 is 43.9 Å². The summed E-state index contributed by atoms with van der Waals surface area (Å²) in [6, 6.07) is 5.84. The average molecular weight is 447 g/mol. The lowest BCUT2D eigenvalue weighted by molar-refractivity contribution is -0.159. The molecule has 0 saturated carbocycles. The molecule has 1 aliphatic rings. The number of nitrogens with zero attached hydrogens (tertiary/aromatic N) is 1. The van der Waals surface area contributed by atoms with E-state index in [1.807, 2.05) is 6.92 Å². The van der Waals surface area contributed by atoms with Crippen molar-refractivity contribution in [1.82, 2.24) is 9.62 Å². The van der Waals surface area contributed by atoms with Crippen molar-refractivity contribution in [1.29, 1.82) is 0 Å². The van der Waals surface area contributed by atoms with E-state index in [0.29, 0.717) is 6.42 Å². The van der Waals surface area contributed by atoms with Gasteiger partial charge in [-0.1, -0.05) is 17.7 Å². The fraction of sp³-hybridized carbons (Fsp3) is 0.556. The first-order valence-electron chi connectivity index (χ1n) is 9.14. The van der Waals surface area contributed by atoms with Crippen LogP contribution in [0.25, 0.3) is 0 Å². The van der Waals surface area contributed by atoms with Gasteiger partial charge in [0.05, 0.1) is 22.8 Å². The Labute approximate surface area is 171 Å². The molecule has 29 heavy (non-hydrogen) atoms. The van der Waals surface area contributed by atoms with Crippen LogP contribution in [0, 0.1) is 6.92 Å². The van der Waals surface area contributed by atoms with Crippen LogP contribution >= 0.6 is 0 Å². The molecule has 2 rings (SSSR count). The van der Waals surface area contributed by atoms with Crippen LogP contribution in [0.5, 0.6) is 0 Å². The van der Waals surface area contributed by atoms with Gasteiger partial charge in [-0.3, -0.25) is 9.59 Å². The van der Waals surface area contributed by atoms with Crippen molar-refractivity contribution < 1.29 is 31.2 Å². The molecule has 1 N–H and O–H groups in total. The summed E-state index contributed by atoms with van der Waals surface area (Å²) in [5.74, 6) is -1.30. The lowest BCUT2D eigenvalue weighted by Gasteiger charge is -2.26. The molecule has 0 aromatic heterocycles. The van der Waals surface area contributed by atoms with E-state index in [2.05, 4.69) is 4.72 Å². The third kappa shape index (κ3) is 6.51. The standard InChI is InChI=1S/C18H26N2O7S2/c1-13-4-6-16(7-5-13)29(25,26)19-10-8-17(21)27-14(2)18(22)20(3)15-9-11-28(23,24)12-15/h4-7,14-15,19H,8-12H2,1-3H3/t14-,15+/m1/s1. The number of hydrogen-bond acceptors (Lipinski definition) is 7. The van der Waals surface area contributed by atoms with Crippen LogP contribution in [0.2, 0.25) is 0 Å². The Kier molecular flexibility index (Phi) is 7.41. The largest absolute Gasteiger partial charge is 0.452 e. The van der Waals surface area contributed by atoms with E-state index in [4.69, 9.17) is 4.74 Å². The molecule has 1 aromatic carbocycles. The van der Waals surface area contributed by atoms with Crippen molar-refractivity contribution in [2.45, 2.75) is 43.7 Å². The number of benzene rings is 1. The van der Waals surface area contributed by atoms with E-state index in [9.17, 15) is 26.4 Å². The molecular weight excluding hydrogens is 420 g/mol. The highest BCUT2D eigenvalue weighted by molar-refractivity contribution is 7.91. The van der Waals surface area contributed by atoms with Gasteiger partial charge in [-0.05, 0) is 32.4 Å². The van der Waals surface area contributed by atoms with Crippen LogP contribution in [0.1, 0.15) is 25.3 Å². The number of sulfonamides is 1. The van der Waals surface area contributed by atoms with Crippen molar-refractivity contribution in [2.75, 3.05) is 25.1 Å². The highest BCUT2D eigenvalue weighted by Crippen LogP contribution is 2.18. The Bertz CT molecular complexity index is 956. The molecular formula is C18H26N2O7S2. The van der Waals surface area contributed by atoms with Gasteiger partial charge in [-0.25, -0.2) is 21.6 Å². The molecule has 11 heteroatoms. The molecule has 1 aromatic rings. The predicted molar refractivity (Wildman–Crippen MR) is 106 cm³/mol. The first-order valence-corrected chi connectivity index (χ1v) is 12.4. The summed E-state index contributed by atoms with van der Waals surface area (Å²) in [6.07, 6.45) is -0.986. The monoisotopic (exact) mass is 446 g/mol. The summed E-state index contributed by atoms with van der Waals surface area (Å²) in [7, 11) is -5.40. The molecule has 1 aliphatic heterocycles. The van der Waals surface area contributed by atoms with Crippen molar-refractivity contribution in [3.05, 3.63) is 29.8 Å². The highest BCUT2D eigenvalue weighted by Gasteiger charge is 2.34. The van der Waals surface area contributed by atoms with Gasteiger partial charge in [0.25, 0.3) is 5.91 Å². The van der Waals surface area contributed by atoms with Gasteiger partial charge in [-0.15, -0.1) is 0 Å². The smallest absolute Gasteiger partial charge is 0.307 e. The number of amides is 1. The number of carbonyl (C=O) groups is 2. The Morgan fingerprint density at radius 3 is 2.45 bits per heavy atom. The number of aryl methyl sites for hydroxylation is 1. The zero-order valence-electron chi connectivity index (χ0n) is 16.6. The van der Waals surface area contributed by atoms with Crippen molar-refractivity contribution in [3.8, 4) is 0 Å². The van der Waals surface area contributed by atoms with Crippen LogP contribution in [0.3, 0.4) is 0 Å². The topological polar surface area (TPSA) is 127 Å². The van der Waals surface area contributed by atoms with Gasteiger partial charge in [0.2, 0.25) is 10.0 Å². The summed E-state index contributed by atoms with van der Waals surface area (Å²) >= 11 is 0. The predicted octanol–water partition coefficient (Wildman–Crippen LogP) is 0.241. The minimum absolute atomic E-state index is 0.0323. The van der Waals surface area contributed by atoms with Crippen LogP contribution in [0.15, 0.2) is 29.2 Å². The number of likely N-dealkylation sites (N-methyl/N-ethyl adjacent to an activating group) is 1. The fourth-order valence-electron chi connectivity index (χ4n) is 2.94. The number of carbonyl (C=O) groups excluding carboxylic acids is 2. The first kappa shape index (κ1) is 23.3. The molecule has 0 radical (unpaired) electrons. The lowest BCUT2D eigenvalue weighted by atomic mass is 10.2. The minimum Gasteiger partial charge on any atom is -0.452 e. The van der Waals surface area contributed by atoms with E-state index >= 15 is 0 Å². The fourth-order valence-corrected chi connectivity index (χ4v) is 5.75. The molecule has 1 saturated heterocycles. The van der Waals surface area contributed by atoms with E-state index in [1.165, 1.54) is 31.0 Å². The van der Waals surface area contributed by atoms with Crippen LogP contribution < -0.4 is 4.72 Å². The van der Waals surface area contributed by atoms with E-state index in [1.54, 1.807) is 12.1 Å². The molecule has 1 amide bonds. The summed E-state index contributed by atoms with van der Waals surface area (Å²) in [5, 5.41) is 0. The van der Waals surface area contributed by atoms with Crippen molar-refractivity contribution >= 4 is 31.7 Å². The van der Waals surface area contributed by atoms with Gasteiger partial charge < -0.3 is 9.64 Å². The maximum absolute atomic E-state index is 12.4. The van der Waals surface area contributed by atoms with Crippen molar-refractivity contribution in [3.63, 3.8) is 0 Å². The molecule has 0 aliphatic carbocycles. The molecule has 162 valence electrons. The van der Waals surface area contributed by atoms with Gasteiger partial charge in [0.15, 0.2) is 15.9 Å². The molecule has 1 heterocycles. The quantitative estimate of drug-likeness (QED) is 0.567. The maximum atomic E-state index is 12.4. The zero-order valence-corrected chi connectivity index (χ0v) is 18.3. The zero-order chi connectivity index (χ0) is 21.8. The van der Waals surface area contributed by atoms with E-state index in [-0.39, 0.29) is 29.4 Å². The molecule has 9 nitrogen and oxygen atoms in total.